The Morgan fingerprint density at radius 1 is 1.19 bits per heavy atom. The van der Waals surface area contributed by atoms with Gasteiger partial charge in [0.1, 0.15) is 10.6 Å². The van der Waals surface area contributed by atoms with E-state index in [2.05, 4.69) is 5.32 Å². The molecule has 1 N–H and O–H groups in total. The molecule has 140 valence electrons. The summed E-state index contributed by atoms with van der Waals surface area (Å²) in [6, 6.07) is 11.0. The van der Waals surface area contributed by atoms with Gasteiger partial charge in [0, 0.05) is 11.6 Å². The van der Waals surface area contributed by atoms with E-state index in [0.717, 1.165) is 4.31 Å². The number of rotatable bonds is 7. The quantitative estimate of drug-likeness (QED) is 0.746. The standard InChI is InChI=1S/C17H18Cl2N2O4S/c1-3-21(26(23,24)16-10-12(18)8-9-13(16)19)11-17(22)20-14-6-4-5-7-15(14)25-2/h4-10H,3,11H2,1-2H3,(H,20,22). The van der Waals surface area contributed by atoms with Crippen molar-refractivity contribution < 1.29 is 17.9 Å². The van der Waals surface area contributed by atoms with Crippen molar-refractivity contribution in [2.75, 3.05) is 25.5 Å². The zero-order valence-corrected chi connectivity index (χ0v) is 16.5. The molecule has 0 fully saturated rings. The molecule has 2 aromatic rings. The fraction of sp³-hybridized carbons (Fsp3) is 0.235. The number of para-hydroxylation sites is 2. The van der Waals surface area contributed by atoms with Gasteiger partial charge >= 0.3 is 0 Å². The van der Waals surface area contributed by atoms with Crippen LogP contribution in [-0.4, -0.2) is 38.8 Å². The molecule has 0 radical (unpaired) electrons. The first kappa shape index (κ1) is 20.5. The van der Waals surface area contributed by atoms with E-state index in [-0.39, 0.29) is 28.0 Å². The summed E-state index contributed by atoms with van der Waals surface area (Å²) in [5.41, 5.74) is 0.453. The van der Waals surface area contributed by atoms with Crippen molar-refractivity contribution in [2.45, 2.75) is 11.8 Å². The van der Waals surface area contributed by atoms with Gasteiger partial charge in [-0.2, -0.15) is 4.31 Å². The lowest BCUT2D eigenvalue weighted by Crippen LogP contribution is -2.38. The Balaban J connectivity index is 2.22. The van der Waals surface area contributed by atoms with Crippen molar-refractivity contribution in [3.63, 3.8) is 0 Å². The zero-order valence-electron chi connectivity index (χ0n) is 14.2. The summed E-state index contributed by atoms with van der Waals surface area (Å²) < 4.78 is 31.8. The Bertz CT molecular complexity index is 903. The SMILES string of the molecule is CCN(CC(=O)Nc1ccccc1OC)S(=O)(=O)c1cc(Cl)ccc1Cl. The van der Waals surface area contributed by atoms with E-state index in [4.69, 9.17) is 27.9 Å². The van der Waals surface area contributed by atoms with Crippen LogP contribution >= 0.6 is 23.2 Å². The fourth-order valence-electron chi connectivity index (χ4n) is 2.28. The Morgan fingerprint density at radius 2 is 1.88 bits per heavy atom. The third kappa shape index (κ3) is 4.67. The highest BCUT2D eigenvalue weighted by atomic mass is 35.5. The summed E-state index contributed by atoms with van der Waals surface area (Å²) >= 11 is 11.9. The number of benzene rings is 2. The molecule has 9 heteroatoms. The number of nitrogens with one attached hydrogen (secondary N) is 1. The molecular formula is C17H18Cl2N2O4S. The molecule has 2 aromatic carbocycles. The van der Waals surface area contributed by atoms with Gasteiger partial charge in [0.2, 0.25) is 15.9 Å². The zero-order chi connectivity index (χ0) is 19.3. The van der Waals surface area contributed by atoms with Crippen molar-refractivity contribution in [3.05, 3.63) is 52.5 Å². The minimum absolute atomic E-state index is 0.0398. The summed E-state index contributed by atoms with van der Waals surface area (Å²) in [5.74, 6) is -0.0253. The van der Waals surface area contributed by atoms with Crippen molar-refractivity contribution in [1.29, 1.82) is 0 Å². The van der Waals surface area contributed by atoms with Gasteiger partial charge in [-0.05, 0) is 30.3 Å². The molecule has 0 aromatic heterocycles. The number of hydrogen-bond donors (Lipinski definition) is 1. The summed E-state index contributed by atoms with van der Waals surface area (Å²) in [7, 11) is -2.50. The fourth-order valence-corrected chi connectivity index (χ4v) is 4.42. The number of halogens is 2. The first-order valence-electron chi connectivity index (χ1n) is 7.67. The smallest absolute Gasteiger partial charge is 0.245 e. The van der Waals surface area contributed by atoms with Gasteiger partial charge in [-0.25, -0.2) is 8.42 Å². The molecule has 0 saturated carbocycles. The van der Waals surface area contributed by atoms with Crippen LogP contribution in [-0.2, 0) is 14.8 Å². The lowest BCUT2D eigenvalue weighted by atomic mass is 10.3. The van der Waals surface area contributed by atoms with Crippen molar-refractivity contribution in [1.82, 2.24) is 4.31 Å². The van der Waals surface area contributed by atoms with E-state index in [1.807, 2.05) is 0 Å². The average molecular weight is 417 g/mol. The molecule has 1 amide bonds. The second-order valence-corrected chi connectivity index (χ2v) is 8.00. The first-order valence-corrected chi connectivity index (χ1v) is 9.87. The highest BCUT2D eigenvalue weighted by Gasteiger charge is 2.28. The molecule has 0 aliphatic rings. The number of carbonyl (C=O) groups is 1. The minimum atomic E-state index is -3.98. The van der Waals surface area contributed by atoms with Crippen LogP contribution in [0.25, 0.3) is 0 Å². The monoisotopic (exact) mass is 416 g/mol. The molecule has 0 bridgehead atoms. The van der Waals surface area contributed by atoms with Crippen molar-refractivity contribution >= 4 is 44.8 Å². The van der Waals surface area contributed by atoms with Gasteiger partial charge < -0.3 is 10.1 Å². The van der Waals surface area contributed by atoms with Crippen molar-refractivity contribution in [2.24, 2.45) is 0 Å². The third-order valence-electron chi connectivity index (χ3n) is 3.56. The second-order valence-electron chi connectivity index (χ2n) is 5.25. The maximum Gasteiger partial charge on any atom is 0.245 e. The second kappa shape index (κ2) is 8.73. The van der Waals surface area contributed by atoms with Crippen LogP contribution in [0.15, 0.2) is 47.4 Å². The van der Waals surface area contributed by atoms with Crippen LogP contribution in [0.3, 0.4) is 0 Å². The number of carbonyl (C=O) groups excluding carboxylic acids is 1. The highest BCUT2D eigenvalue weighted by molar-refractivity contribution is 7.89. The number of anilines is 1. The number of hydrogen-bond acceptors (Lipinski definition) is 4. The molecule has 0 spiro atoms. The summed E-state index contributed by atoms with van der Waals surface area (Å²) in [4.78, 5) is 12.2. The number of sulfonamides is 1. The van der Waals surface area contributed by atoms with Gasteiger partial charge in [-0.1, -0.05) is 42.3 Å². The molecule has 6 nitrogen and oxygen atoms in total. The Hall–Kier alpha value is -1.80. The topological polar surface area (TPSA) is 75.7 Å². The van der Waals surface area contributed by atoms with Crippen LogP contribution in [0.2, 0.25) is 10.0 Å². The summed E-state index contributed by atoms with van der Waals surface area (Å²) in [6.45, 7) is 1.34. The Labute approximate surface area is 162 Å². The van der Waals surface area contributed by atoms with Crippen LogP contribution in [0, 0.1) is 0 Å². The Morgan fingerprint density at radius 3 is 2.54 bits per heavy atom. The van der Waals surface area contributed by atoms with Gasteiger partial charge in [0.05, 0.1) is 24.4 Å². The van der Waals surface area contributed by atoms with Crippen LogP contribution in [0.5, 0.6) is 5.75 Å². The molecule has 0 heterocycles. The summed E-state index contributed by atoms with van der Waals surface area (Å²) in [5, 5.41) is 2.92. The molecular weight excluding hydrogens is 399 g/mol. The molecule has 26 heavy (non-hydrogen) atoms. The molecule has 0 atom stereocenters. The largest absolute Gasteiger partial charge is 0.495 e. The van der Waals surface area contributed by atoms with Gasteiger partial charge in [0.15, 0.2) is 0 Å². The van der Waals surface area contributed by atoms with Crippen molar-refractivity contribution in [3.8, 4) is 5.75 Å². The maximum absolute atomic E-state index is 12.8. The number of methoxy groups -OCH3 is 1. The maximum atomic E-state index is 12.8. The highest BCUT2D eigenvalue weighted by Crippen LogP contribution is 2.28. The van der Waals surface area contributed by atoms with Crippen LogP contribution < -0.4 is 10.1 Å². The number of nitrogens with zero attached hydrogens (tertiary/aromatic N) is 1. The molecule has 2 rings (SSSR count). The average Bonchev–Trinajstić information content (AvgIpc) is 2.61. The summed E-state index contributed by atoms with van der Waals surface area (Å²) in [6.07, 6.45) is 0. The lowest BCUT2D eigenvalue weighted by molar-refractivity contribution is -0.116. The molecule has 0 saturated heterocycles. The molecule has 0 aliphatic carbocycles. The van der Waals surface area contributed by atoms with Gasteiger partial charge in [-0.15, -0.1) is 0 Å². The minimum Gasteiger partial charge on any atom is -0.495 e. The number of likely N-dealkylation sites (N-methyl/N-ethyl adjacent to an activating group) is 1. The van der Waals surface area contributed by atoms with E-state index in [0.29, 0.717) is 11.4 Å². The first-order chi connectivity index (χ1) is 12.3. The van der Waals surface area contributed by atoms with Crippen LogP contribution in [0.4, 0.5) is 5.69 Å². The normalized spacial score (nSPS) is 11.4. The van der Waals surface area contributed by atoms with E-state index >= 15 is 0 Å². The van der Waals surface area contributed by atoms with E-state index in [9.17, 15) is 13.2 Å². The number of amides is 1. The van der Waals surface area contributed by atoms with E-state index in [1.54, 1.807) is 31.2 Å². The van der Waals surface area contributed by atoms with Gasteiger partial charge in [0.25, 0.3) is 0 Å². The van der Waals surface area contributed by atoms with Gasteiger partial charge in [-0.3, -0.25) is 4.79 Å². The molecule has 0 unspecified atom stereocenters. The molecule has 0 aliphatic heterocycles. The third-order valence-corrected chi connectivity index (χ3v) is 6.20. The van der Waals surface area contributed by atoms with E-state index in [1.165, 1.54) is 25.3 Å². The predicted octanol–water partition coefficient (Wildman–Crippen LogP) is 3.65. The van der Waals surface area contributed by atoms with E-state index < -0.39 is 15.9 Å². The lowest BCUT2D eigenvalue weighted by Gasteiger charge is -2.21. The van der Waals surface area contributed by atoms with Crippen LogP contribution in [0.1, 0.15) is 6.92 Å². The number of ether oxygens (including phenoxy) is 1. The predicted molar refractivity (Wildman–Crippen MR) is 103 cm³/mol. The Kier molecular flexibility index (Phi) is 6.88.